The topological polar surface area (TPSA) is 48.1 Å². The van der Waals surface area contributed by atoms with Crippen LogP contribution in [0.25, 0.3) is 0 Å². The first kappa shape index (κ1) is 11.5. The predicted molar refractivity (Wildman–Crippen MR) is 64.3 cm³/mol. The summed E-state index contributed by atoms with van der Waals surface area (Å²) in [6, 6.07) is 7.36. The van der Waals surface area contributed by atoms with Gasteiger partial charge in [0.25, 0.3) is 0 Å². The van der Waals surface area contributed by atoms with E-state index in [2.05, 4.69) is 0 Å². The van der Waals surface area contributed by atoms with Crippen molar-refractivity contribution < 1.29 is 19.0 Å². The van der Waals surface area contributed by atoms with E-state index < -0.39 is 5.60 Å². The smallest absolute Gasteiger partial charge is 0.345 e. The lowest BCUT2D eigenvalue weighted by Crippen LogP contribution is -2.25. The van der Waals surface area contributed by atoms with Crippen LogP contribution in [0.15, 0.2) is 24.3 Å². The van der Waals surface area contributed by atoms with E-state index in [0.29, 0.717) is 19.1 Å². The Morgan fingerprint density at radius 3 is 2.56 bits per heavy atom. The van der Waals surface area contributed by atoms with Gasteiger partial charge in [-0.15, -0.1) is 0 Å². The molecule has 4 heteroatoms. The predicted octanol–water partition coefficient (Wildman–Crippen LogP) is 1.87. The van der Waals surface area contributed by atoms with Gasteiger partial charge < -0.3 is 14.2 Å². The lowest BCUT2D eigenvalue weighted by Gasteiger charge is -2.12. The van der Waals surface area contributed by atoms with Crippen LogP contribution in [0.3, 0.4) is 0 Å². The van der Waals surface area contributed by atoms with Crippen molar-refractivity contribution in [2.45, 2.75) is 18.4 Å². The maximum absolute atomic E-state index is 12.0. The van der Waals surface area contributed by atoms with Gasteiger partial charge in [0.2, 0.25) is 5.60 Å². The Hall–Kier alpha value is -1.55. The summed E-state index contributed by atoms with van der Waals surface area (Å²) in [5.41, 5.74) is -0.0228. The van der Waals surface area contributed by atoms with E-state index in [0.717, 1.165) is 11.3 Å². The third kappa shape index (κ3) is 2.08. The maximum atomic E-state index is 12.0. The molecule has 4 nitrogen and oxygen atoms in total. The van der Waals surface area contributed by atoms with Crippen LogP contribution in [-0.4, -0.2) is 26.3 Å². The molecule has 1 heterocycles. The fourth-order valence-electron chi connectivity index (χ4n) is 1.93. The molecule has 2 fully saturated rings. The van der Waals surface area contributed by atoms with Crippen molar-refractivity contribution >= 4 is 5.97 Å². The van der Waals surface area contributed by atoms with Gasteiger partial charge in [0.05, 0.1) is 20.3 Å². The number of hydrogen-bond donors (Lipinski definition) is 0. The summed E-state index contributed by atoms with van der Waals surface area (Å²) in [4.78, 5) is 12.0. The van der Waals surface area contributed by atoms with E-state index in [9.17, 15) is 4.79 Å². The lowest BCUT2D eigenvalue weighted by molar-refractivity contribution is -0.151. The Morgan fingerprint density at radius 2 is 2.06 bits per heavy atom. The van der Waals surface area contributed by atoms with Crippen LogP contribution in [0.2, 0.25) is 0 Å². The summed E-state index contributed by atoms with van der Waals surface area (Å²) in [5, 5.41) is 0. The van der Waals surface area contributed by atoms with Crippen LogP contribution in [-0.2, 0) is 19.9 Å². The number of esters is 1. The normalized spacial score (nSPS) is 25.6. The molecule has 1 aromatic rings. The molecule has 3 rings (SSSR count). The van der Waals surface area contributed by atoms with E-state index in [1.165, 1.54) is 12.8 Å². The van der Waals surface area contributed by atoms with Gasteiger partial charge in [-0.2, -0.15) is 0 Å². The van der Waals surface area contributed by atoms with Gasteiger partial charge in [0.1, 0.15) is 5.75 Å². The fourth-order valence-corrected chi connectivity index (χ4v) is 1.93. The van der Waals surface area contributed by atoms with Crippen LogP contribution < -0.4 is 4.74 Å². The van der Waals surface area contributed by atoms with Gasteiger partial charge >= 0.3 is 5.97 Å². The average molecular weight is 248 g/mol. The zero-order valence-corrected chi connectivity index (χ0v) is 10.3. The van der Waals surface area contributed by atoms with Gasteiger partial charge in [-0.1, -0.05) is 12.1 Å². The molecular formula is C14H16O4. The molecule has 1 atom stereocenters. The Balaban J connectivity index is 1.69. The van der Waals surface area contributed by atoms with Crippen molar-refractivity contribution in [3.63, 3.8) is 0 Å². The second kappa shape index (κ2) is 4.28. The molecule has 0 radical (unpaired) electrons. The largest absolute Gasteiger partial charge is 0.497 e. The van der Waals surface area contributed by atoms with Crippen LogP contribution in [0.5, 0.6) is 5.75 Å². The van der Waals surface area contributed by atoms with Crippen LogP contribution >= 0.6 is 0 Å². The molecule has 0 N–H and O–H groups in total. The molecular weight excluding hydrogens is 232 g/mol. The summed E-state index contributed by atoms with van der Waals surface area (Å²) in [6.45, 7) is 0.933. The first-order valence-electron chi connectivity index (χ1n) is 6.20. The first-order valence-corrected chi connectivity index (χ1v) is 6.20. The second-order valence-electron chi connectivity index (χ2n) is 4.89. The van der Waals surface area contributed by atoms with Crippen molar-refractivity contribution in [1.82, 2.24) is 0 Å². The zero-order valence-electron chi connectivity index (χ0n) is 10.3. The van der Waals surface area contributed by atoms with Crippen molar-refractivity contribution in [1.29, 1.82) is 0 Å². The van der Waals surface area contributed by atoms with Gasteiger partial charge in [0.15, 0.2) is 0 Å². The highest BCUT2D eigenvalue weighted by Crippen LogP contribution is 2.41. The Morgan fingerprint density at radius 1 is 1.39 bits per heavy atom. The molecule has 0 amide bonds. The van der Waals surface area contributed by atoms with Gasteiger partial charge in [-0.25, -0.2) is 4.79 Å². The zero-order chi connectivity index (χ0) is 12.6. The SMILES string of the molecule is COc1ccc(C2(C(=O)OCC3CC3)CO2)cc1. The average Bonchev–Trinajstić information content (AvgIpc) is 3.30. The molecule has 2 aliphatic rings. The van der Waals surface area contributed by atoms with Crippen LogP contribution in [0, 0.1) is 5.92 Å². The monoisotopic (exact) mass is 248 g/mol. The summed E-state index contributed by atoms with van der Waals surface area (Å²) >= 11 is 0. The highest BCUT2D eigenvalue weighted by molar-refractivity contribution is 5.84. The third-order valence-electron chi connectivity index (χ3n) is 3.47. The molecule has 0 spiro atoms. The molecule has 1 saturated heterocycles. The first-order chi connectivity index (χ1) is 8.74. The number of epoxide rings is 1. The molecule has 0 bridgehead atoms. The molecule has 1 saturated carbocycles. The lowest BCUT2D eigenvalue weighted by atomic mass is 10.0. The van der Waals surface area contributed by atoms with Crippen LogP contribution in [0.1, 0.15) is 18.4 Å². The maximum Gasteiger partial charge on any atom is 0.345 e. The van der Waals surface area contributed by atoms with Crippen LogP contribution in [0.4, 0.5) is 0 Å². The number of rotatable bonds is 5. The van der Waals surface area contributed by atoms with Gasteiger partial charge in [-0.3, -0.25) is 0 Å². The summed E-state index contributed by atoms with van der Waals surface area (Å²) in [7, 11) is 1.61. The van der Waals surface area contributed by atoms with E-state index in [4.69, 9.17) is 14.2 Å². The van der Waals surface area contributed by atoms with E-state index in [-0.39, 0.29) is 5.97 Å². The van der Waals surface area contributed by atoms with Crippen molar-refractivity contribution in [2.75, 3.05) is 20.3 Å². The van der Waals surface area contributed by atoms with Gasteiger partial charge in [-0.05, 0) is 36.5 Å². The number of benzene rings is 1. The minimum Gasteiger partial charge on any atom is -0.497 e. The highest BCUT2D eigenvalue weighted by Gasteiger charge is 2.55. The summed E-state index contributed by atoms with van der Waals surface area (Å²) in [6.07, 6.45) is 2.34. The quantitative estimate of drug-likeness (QED) is 0.589. The Kier molecular flexibility index (Phi) is 2.74. The standard InChI is InChI=1S/C14H16O4/c1-16-12-6-4-11(5-7-12)14(9-18-14)13(15)17-8-10-2-3-10/h4-7,10H,2-3,8-9H2,1H3. The summed E-state index contributed by atoms with van der Waals surface area (Å²) in [5.74, 6) is 1.07. The molecule has 1 aliphatic carbocycles. The molecule has 18 heavy (non-hydrogen) atoms. The number of hydrogen-bond acceptors (Lipinski definition) is 4. The molecule has 1 aliphatic heterocycles. The van der Waals surface area contributed by atoms with E-state index in [1.54, 1.807) is 7.11 Å². The second-order valence-corrected chi connectivity index (χ2v) is 4.89. The third-order valence-corrected chi connectivity index (χ3v) is 3.47. The summed E-state index contributed by atoms with van der Waals surface area (Å²) < 4.78 is 15.8. The van der Waals surface area contributed by atoms with Gasteiger partial charge in [0, 0.05) is 0 Å². The molecule has 1 aromatic carbocycles. The molecule has 96 valence electrons. The van der Waals surface area contributed by atoms with Crippen molar-refractivity contribution in [3.8, 4) is 5.75 Å². The molecule has 0 aromatic heterocycles. The Bertz CT molecular complexity index is 443. The van der Waals surface area contributed by atoms with E-state index >= 15 is 0 Å². The minimum absolute atomic E-state index is 0.264. The fraction of sp³-hybridized carbons (Fsp3) is 0.500. The van der Waals surface area contributed by atoms with Crippen molar-refractivity contribution in [3.05, 3.63) is 29.8 Å². The van der Waals surface area contributed by atoms with Crippen molar-refractivity contribution in [2.24, 2.45) is 5.92 Å². The number of ether oxygens (including phenoxy) is 3. The number of carbonyl (C=O) groups excluding carboxylic acids is 1. The highest BCUT2D eigenvalue weighted by atomic mass is 16.6. The number of carbonyl (C=O) groups is 1. The number of methoxy groups -OCH3 is 1. The Labute approximate surface area is 106 Å². The minimum atomic E-state index is -0.860. The van der Waals surface area contributed by atoms with E-state index in [1.807, 2.05) is 24.3 Å². The molecule has 1 unspecified atom stereocenters.